The van der Waals surface area contributed by atoms with Gasteiger partial charge in [-0.1, -0.05) is 18.2 Å². The van der Waals surface area contributed by atoms with E-state index in [0.717, 1.165) is 17.0 Å². The highest BCUT2D eigenvalue weighted by Gasteiger charge is 2.22. The zero-order valence-corrected chi connectivity index (χ0v) is 11.5. The Hall–Kier alpha value is -2.36. The first kappa shape index (κ1) is 14.1. The van der Waals surface area contributed by atoms with E-state index in [-0.39, 0.29) is 0 Å². The smallest absolute Gasteiger partial charge is 0.312 e. The van der Waals surface area contributed by atoms with E-state index < -0.39 is 11.9 Å². The van der Waals surface area contributed by atoms with Crippen molar-refractivity contribution in [2.45, 2.75) is 19.3 Å². The molecular formula is C16H17NO3. The minimum absolute atomic E-state index is 0.392. The van der Waals surface area contributed by atoms with Crippen LogP contribution in [0.2, 0.25) is 0 Å². The van der Waals surface area contributed by atoms with Crippen LogP contribution in [0.4, 0.5) is 0 Å². The van der Waals surface area contributed by atoms with Gasteiger partial charge in [0.25, 0.3) is 0 Å². The third-order valence-electron chi connectivity index (χ3n) is 3.14. The number of hydrogen-bond acceptors (Lipinski definition) is 3. The lowest BCUT2D eigenvalue weighted by Crippen LogP contribution is -2.16. The van der Waals surface area contributed by atoms with Gasteiger partial charge in [-0.25, -0.2) is 0 Å². The second kappa shape index (κ2) is 6.19. The summed E-state index contributed by atoms with van der Waals surface area (Å²) in [6, 6.07) is 12.9. The molecule has 104 valence electrons. The number of rotatable bonds is 5. The molecule has 1 aromatic heterocycles. The molecule has 0 amide bonds. The van der Waals surface area contributed by atoms with Gasteiger partial charge in [-0.2, -0.15) is 0 Å². The highest BCUT2D eigenvalue weighted by molar-refractivity contribution is 5.75. The Labute approximate surface area is 118 Å². The summed E-state index contributed by atoms with van der Waals surface area (Å²) in [6.07, 6.45) is 0.392. The Kier molecular flexibility index (Phi) is 4.35. The van der Waals surface area contributed by atoms with Gasteiger partial charge in [-0.15, -0.1) is 0 Å². The van der Waals surface area contributed by atoms with Crippen LogP contribution in [0.3, 0.4) is 0 Å². The van der Waals surface area contributed by atoms with Gasteiger partial charge in [0.1, 0.15) is 11.7 Å². The van der Waals surface area contributed by atoms with Crippen LogP contribution < -0.4 is 4.74 Å². The van der Waals surface area contributed by atoms with Crippen molar-refractivity contribution in [3.63, 3.8) is 0 Å². The number of carboxylic acid groups (broad SMARTS) is 1. The fourth-order valence-electron chi connectivity index (χ4n) is 2.11. The van der Waals surface area contributed by atoms with Crippen LogP contribution in [-0.4, -0.2) is 23.2 Å². The summed E-state index contributed by atoms with van der Waals surface area (Å²) >= 11 is 0. The van der Waals surface area contributed by atoms with Crippen LogP contribution in [-0.2, 0) is 11.2 Å². The number of carboxylic acids is 1. The first-order chi connectivity index (χ1) is 9.60. The van der Waals surface area contributed by atoms with E-state index in [2.05, 4.69) is 4.98 Å². The normalized spacial score (nSPS) is 11.9. The van der Waals surface area contributed by atoms with Crippen LogP contribution in [0.5, 0.6) is 5.75 Å². The van der Waals surface area contributed by atoms with Crippen LogP contribution in [0, 0.1) is 6.92 Å². The molecular weight excluding hydrogens is 254 g/mol. The molecule has 1 aromatic carbocycles. The quantitative estimate of drug-likeness (QED) is 0.908. The number of carbonyl (C=O) groups is 1. The molecule has 0 fully saturated rings. The highest BCUT2D eigenvalue weighted by Crippen LogP contribution is 2.22. The van der Waals surface area contributed by atoms with Crippen molar-refractivity contribution in [3.8, 4) is 5.75 Å². The largest absolute Gasteiger partial charge is 0.497 e. The molecule has 4 nitrogen and oxygen atoms in total. The second-order valence-electron chi connectivity index (χ2n) is 4.65. The molecule has 2 rings (SSSR count). The highest BCUT2D eigenvalue weighted by atomic mass is 16.5. The van der Waals surface area contributed by atoms with Crippen LogP contribution in [0.1, 0.15) is 22.9 Å². The van der Waals surface area contributed by atoms with Crippen molar-refractivity contribution < 1.29 is 14.6 Å². The number of pyridine rings is 1. The van der Waals surface area contributed by atoms with Gasteiger partial charge >= 0.3 is 5.97 Å². The van der Waals surface area contributed by atoms with Crippen molar-refractivity contribution in [3.05, 3.63) is 59.4 Å². The van der Waals surface area contributed by atoms with Crippen LogP contribution >= 0.6 is 0 Å². The minimum Gasteiger partial charge on any atom is -0.497 e. The van der Waals surface area contributed by atoms with Gasteiger partial charge in [0.2, 0.25) is 0 Å². The molecule has 20 heavy (non-hydrogen) atoms. The third-order valence-corrected chi connectivity index (χ3v) is 3.14. The topological polar surface area (TPSA) is 59.4 Å². The number of benzene rings is 1. The van der Waals surface area contributed by atoms with E-state index >= 15 is 0 Å². The monoisotopic (exact) mass is 271 g/mol. The first-order valence-corrected chi connectivity index (χ1v) is 6.39. The van der Waals surface area contributed by atoms with Gasteiger partial charge < -0.3 is 9.84 Å². The summed E-state index contributed by atoms with van der Waals surface area (Å²) < 4.78 is 5.16. The average Bonchev–Trinajstić information content (AvgIpc) is 2.44. The Morgan fingerprint density at radius 1 is 1.30 bits per heavy atom. The minimum atomic E-state index is -0.870. The molecule has 0 radical (unpaired) electrons. The van der Waals surface area contributed by atoms with E-state index in [1.165, 1.54) is 0 Å². The van der Waals surface area contributed by atoms with Gasteiger partial charge in [0.05, 0.1) is 12.8 Å². The summed E-state index contributed by atoms with van der Waals surface area (Å²) in [6.45, 7) is 1.86. The molecule has 0 bridgehead atoms. The summed E-state index contributed by atoms with van der Waals surface area (Å²) in [5, 5.41) is 9.43. The third kappa shape index (κ3) is 3.35. The molecule has 0 saturated heterocycles. The predicted octanol–water partition coefficient (Wildman–Crippen LogP) is 2.81. The predicted molar refractivity (Wildman–Crippen MR) is 76.0 cm³/mol. The number of nitrogens with zero attached hydrogens (tertiary/aromatic N) is 1. The molecule has 4 heteroatoms. The van der Waals surface area contributed by atoms with E-state index in [9.17, 15) is 9.90 Å². The number of methoxy groups -OCH3 is 1. The molecule has 0 aliphatic heterocycles. The zero-order chi connectivity index (χ0) is 14.5. The van der Waals surface area contributed by atoms with E-state index in [0.29, 0.717) is 12.1 Å². The molecule has 2 aromatic rings. The summed E-state index contributed by atoms with van der Waals surface area (Å²) in [5.41, 5.74) is 2.32. The Morgan fingerprint density at radius 3 is 2.70 bits per heavy atom. The van der Waals surface area contributed by atoms with Crippen molar-refractivity contribution in [2.24, 2.45) is 0 Å². The molecule has 1 atom stereocenters. The summed E-state index contributed by atoms with van der Waals surface area (Å²) in [4.78, 5) is 15.8. The van der Waals surface area contributed by atoms with Crippen LogP contribution in [0.25, 0.3) is 0 Å². The van der Waals surface area contributed by atoms with Crippen LogP contribution in [0.15, 0.2) is 42.5 Å². The lowest BCUT2D eigenvalue weighted by Gasteiger charge is -2.13. The van der Waals surface area contributed by atoms with Crippen molar-refractivity contribution in [1.82, 2.24) is 4.98 Å². The van der Waals surface area contributed by atoms with Gasteiger partial charge in [0.15, 0.2) is 0 Å². The average molecular weight is 271 g/mol. The number of aliphatic carboxylic acids is 1. The summed E-state index contributed by atoms with van der Waals surface area (Å²) in [7, 11) is 1.59. The zero-order valence-electron chi connectivity index (χ0n) is 11.5. The molecule has 1 heterocycles. The van der Waals surface area contributed by atoms with E-state index in [4.69, 9.17) is 4.74 Å². The van der Waals surface area contributed by atoms with Gasteiger partial charge in [-0.3, -0.25) is 9.78 Å². The molecule has 1 unspecified atom stereocenters. The lowest BCUT2D eigenvalue weighted by atomic mass is 9.95. The standard InChI is InChI=1S/C16H17NO3/c1-11-5-3-8-15(17-11)14(16(18)19)10-12-6-4-7-13(9-12)20-2/h3-9,14H,10H2,1-2H3,(H,18,19). The fourth-order valence-corrected chi connectivity index (χ4v) is 2.11. The maximum Gasteiger partial charge on any atom is 0.312 e. The molecule has 0 spiro atoms. The Morgan fingerprint density at radius 2 is 2.05 bits per heavy atom. The number of hydrogen-bond donors (Lipinski definition) is 1. The van der Waals surface area contributed by atoms with Crippen molar-refractivity contribution in [1.29, 1.82) is 0 Å². The molecule has 1 N–H and O–H groups in total. The maximum atomic E-state index is 11.5. The van der Waals surface area contributed by atoms with Gasteiger partial charge in [-0.05, 0) is 43.2 Å². The van der Waals surface area contributed by atoms with E-state index in [1.807, 2.05) is 43.3 Å². The summed E-state index contributed by atoms with van der Waals surface area (Å²) in [5.74, 6) is -0.795. The molecule has 0 saturated carbocycles. The van der Waals surface area contributed by atoms with E-state index in [1.54, 1.807) is 13.2 Å². The van der Waals surface area contributed by atoms with Crippen molar-refractivity contribution in [2.75, 3.05) is 7.11 Å². The molecule has 0 aliphatic rings. The Balaban J connectivity index is 2.28. The number of aryl methyl sites for hydroxylation is 1. The second-order valence-corrected chi connectivity index (χ2v) is 4.65. The molecule has 0 aliphatic carbocycles. The number of ether oxygens (including phenoxy) is 1. The van der Waals surface area contributed by atoms with Crippen molar-refractivity contribution >= 4 is 5.97 Å². The van der Waals surface area contributed by atoms with Gasteiger partial charge in [0, 0.05) is 5.69 Å². The lowest BCUT2D eigenvalue weighted by molar-refractivity contribution is -0.138. The number of aromatic nitrogens is 1. The SMILES string of the molecule is COc1cccc(CC(C(=O)O)c2cccc(C)n2)c1. The first-order valence-electron chi connectivity index (χ1n) is 6.39. The fraction of sp³-hybridized carbons (Fsp3) is 0.250. The Bertz CT molecular complexity index is 610. The maximum absolute atomic E-state index is 11.5.